The molecule has 3 nitrogen and oxygen atoms in total. The number of carbonyl (C=O) groups excluding carboxylic acids is 1. The molecular formula is C14H18N2OS. The Morgan fingerprint density at radius 3 is 3.39 bits per heavy atom. The number of rotatable bonds is 2. The van der Waals surface area contributed by atoms with Crippen molar-refractivity contribution in [1.82, 2.24) is 5.32 Å². The minimum absolute atomic E-state index is 0.0687. The quantitative estimate of drug-likeness (QED) is 0.828. The van der Waals surface area contributed by atoms with Crippen molar-refractivity contribution < 1.29 is 4.79 Å². The van der Waals surface area contributed by atoms with E-state index in [4.69, 9.17) is 0 Å². The fourth-order valence-corrected chi connectivity index (χ4v) is 5.06. The van der Waals surface area contributed by atoms with Crippen molar-refractivity contribution in [3.05, 3.63) is 23.9 Å². The third-order valence-electron chi connectivity index (χ3n) is 4.13. The summed E-state index contributed by atoms with van der Waals surface area (Å²) in [6.07, 6.45) is 10.3. The zero-order valence-corrected chi connectivity index (χ0v) is 11.4. The van der Waals surface area contributed by atoms with E-state index in [2.05, 4.69) is 28.5 Å². The van der Waals surface area contributed by atoms with Crippen LogP contribution in [-0.4, -0.2) is 29.2 Å². The molecule has 3 aliphatic rings. The first-order valence-corrected chi connectivity index (χ1v) is 7.58. The molecule has 2 aliphatic heterocycles. The predicted octanol–water partition coefficient (Wildman–Crippen LogP) is 2.16. The molecule has 0 radical (unpaired) electrons. The average Bonchev–Trinajstić information content (AvgIpc) is 2.76. The fraction of sp³-hybridized carbons (Fsp3) is 0.571. The third-order valence-corrected chi connectivity index (χ3v) is 5.85. The van der Waals surface area contributed by atoms with Crippen molar-refractivity contribution in [3.63, 3.8) is 0 Å². The van der Waals surface area contributed by atoms with E-state index in [1.54, 1.807) is 0 Å². The summed E-state index contributed by atoms with van der Waals surface area (Å²) in [5.41, 5.74) is 1.16. The Hall–Kier alpha value is -1.03. The molecule has 1 fully saturated rings. The predicted molar refractivity (Wildman–Crippen MR) is 75.8 cm³/mol. The second-order valence-electron chi connectivity index (χ2n) is 5.04. The number of carbonyl (C=O) groups is 1. The Labute approximate surface area is 112 Å². The number of aliphatic imine (C=N–C) groups is 1. The molecular weight excluding hydrogens is 244 g/mol. The fourth-order valence-electron chi connectivity index (χ4n) is 3.24. The maximum absolute atomic E-state index is 12.2. The van der Waals surface area contributed by atoms with Crippen LogP contribution in [0, 0.1) is 11.8 Å². The monoisotopic (exact) mass is 262 g/mol. The lowest BCUT2D eigenvalue weighted by Crippen LogP contribution is -2.43. The number of nitrogens with zero attached hydrogens (tertiary/aromatic N) is 1. The van der Waals surface area contributed by atoms with Gasteiger partial charge in [0.2, 0.25) is 5.91 Å². The molecule has 0 aromatic heterocycles. The summed E-state index contributed by atoms with van der Waals surface area (Å²) < 4.78 is 0.0687. The first kappa shape index (κ1) is 12.0. The van der Waals surface area contributed by atoms with E-state index in [0.717, 1.165) is 30.8 Å². The molecule has 0 bridgehead atoms. The van der Waals surface area contributed by atoms with Crippen LogP contribution in [0.1, 0.15) is 19.8 Å². The van der Waals surface area contributed by atoms with E-state index >= 15 is 0 Å². The minimum atomic E-state index is 0.0687. The molecule has 1 N–H and O–H groups in total. The van der Waals surface area contributed by atoms with Gasteiger partial charge in [0.25, 0.3) is 0 Å². The number of hydrogen-bond donors (Lipinski definition) is 1. The molecule has 4 heteroatoms. The maximum atomic E-state index is 12.2. The lowest BCUT2D eigenvalue weighted by Gasteiger charge is -2.39. The van der Waals surface area contributed by atoms with Crippen molar-refractivity contribution in [3.8, 4) is 0 Å². The third kappa shape index (κ3) is 1.66. The summed E-state index contributed by atoms with van der Waals surface area (Å²) in [4.78, 5) is 16.7. The summed E-state index contributed by atoms with van der Waals surface area (Å²) in [5, 5.41) is 2.98. The van der Waals surface area contributed by atoms with Crippen LogP contribution in [0.15, 0.2) is 28.9 Å². The van der Waals surface area contributed by atoms with Crippen LogP contribution in [0.5, 0.6) is 0 Å². The zero-order valence-electron chi connectivity index (χ0n) is 10.6. The Kier molecular flexibility index (Phi) is 3.06. The number of hydrogen-bond acceptors (Lipinski definition) is 3. The first-order chi connectivity index (χ1) is 8.78. The van der Waals surface area contributed by atoms with Gasteiger partial charge in [0.05, 0.1) is 16.4 Å². The maximum Gasteiger partial charge on any atom is 0.224 e. The van der Waals surface area contributed by atoms with Gasteiger partial charge in [-0.1, -0.05) is 12.2 Å². The molecule has 1 spiro atoms. The van der Waals surface area contributed by atoms with Crippen LogP contribution in [-0.2, 0) is 4.79 Å². The molecule has 0 aromatic rings. The summed E-state index contributed by atoms with van der Waals surface area (Å²) >= 11 is 1.93. The van der Waals surface area contributed by atoms with Crippen molar-refractivity contribution >= 4 is 23.9 Å². The number of amides is 1. The largest absolute Gasteiger partial charge is 0.356 e. The van der Waals surface area contributed by atoms with Gasteiger partial charge in [-0.3, -0.25) is 9.79 Å². The van der Waals surface area contributed by atoms with Crippen molar-refractivity contribution in [2.45, 2.75) is 24.5 Å². The van der Waals surface area contributed by atoms with Gasteiger partial charge >= 0.3 is 0 Å². The molecule has 1 saturated heterocycles. The molecule has 3 unspecified atom stereocenters. The molecule has 3 atom stereocenters. The number of nitrogens with one attached hydrogen (secondary N) is 1. The van der Waals surface area contributed by atoms with Gasteiger partial charge < -0.3 is 5.32 Å². The lowest BCUT2D eigenvalue weighted by molar-refractivity contribution is -0.125. The molecule has 96 valence electrons. The summed E-state index contributed by atoms with van der Waals surface area (Å²) in [5.74, 6) is 1.68. The van der Waals surface area contributed by atoms with Crippen molar-refractivity contribution in [2.75, 3.05) is 12.3 Å². The minimum Gasteiger partial charge on any atom is -0.356 e. The van der Waals surface area contributed by atoms with E-state index in [1.165, 1.54) is 0 Å². The topological polar surface area (TPSA) is 41.5 Å². The van der Waals surface area contributed by atoms with Gasteiger partial charge in [-0.2, -0.15) is 0 Å². The smallest absolute Gasteiger partial charge is 0.224 e. The summed E-state index contributed by atoms with van der Waals surface area (Å²) in [6, 6.07) is 0. The van der Waals surface area contributed by atoms with Crippen LogP contribution in [0.25, 0.3) is 0 Å². The first-order valence-electron chi connectivity index (χ1n) is 6.59. The van der Waals surface area contributed by atoms with Gasteiger partial charge in [-0.05, 0) is 31.8 Å². The second-order valence-corrected chi connectivity index (χ2v) is 6.39. The molecule has 18 heavy (non-hydrogen) atoms. The van der Waals surface area contributed by atoms with Crippen LogP contribution < -0.4 is 5.32 Å². The highest BCUT2D eigenvalue weighted by atomic mass is 32.2. The molecule has 3 rings (SSSR count). The molecule has 2 heterocycles. The Balaban J connectivity index is 1.90. The number of allylic oxidation sites excluding steroid dienone is 3. The lowest BCUT2D eigenvalue weighted by atomic mass is 9.73. The van der Waals surface area contributed by atoms with Gasteiger partial charge in [0.1, 0.15) is 0 Å². The van der Waals surface area contributed by atoms with Crippen molar-refractivity contribution in [2.24, 2.45) is 16.8 Å². The van der Waals surface area contributed by atoms with Gasteiger partial charge in [0.15, 0.2) is 0 Å². The zero-order chi connectivity index (χ0) is 12.6. The van der Waals surface area contributed by atoms with Gasteiger partial charge in [-0.15, -0.1) is 11.8 Å². The normalized spacial score (nSPS) is 36.8. The summed E-state index contributed by atoms with van der Waals surface area (Å²) in [7, 11) is 0. The molecule has 1 aliphatic carbocycles. The van der Waals surface area contributed by atoms with E-state index in [-0.39, 0.29) is 16.6 Å². The Morgan fingerprint density at radius 1 is 1.67 bits per heavy atom. The van der Waals surface area contributed by atoms with E-state index < -0.39 is 0 Å². The van der Waals surface area contributed by atoms with Crippen LogP contribution in [0.4, 0.5) is 0 Å². The van der Waals surface area contributed by atoms with E-state index in [9.17, 15) is 4.79 Å². The standard InChI is InChI=1S/C14H18N2OS/c1-2-15-13(17)10-9-18-14-7-4-3-5-12(14)16-8-6-11(10)14/h3-5,8,10-11H,2,6-7,9H2,1H3,(H,15,17). The van der Waals surface area contributed by atoms with Gasteiger partial charge in [0, 0.05) is 18.5 Å². The number of thioether (sulfide) groups is 1. The Bertz CT molecular complexity index is 455. The molecule has 1 amide bonds. The van der Waals surface area contributed by atoms with Crippen LogP contribution in [0.3, 0.4) is 0 Å². The summed E-state index contributed by atoms with van der Waals surface area (Å²) in [6.45, 7) is 2.70. The van der Waals surface area contributed by atoms with Gasteiger partial charge in [-0.25, -0.2) is 0 Å². The van der Waals surface area contributed by atoms with E-state index in [1.807, 2.05) is 24.9 Å². The Morgan fingerprint density at radius 2 is 2.56 bits per heavy atom. The van der Waals surface area contributed by atoms with Crippen molar-refractivity contribution in [1.29, 1.82) is 0 Å². The average molecular weight is 262 g/mol. The van der Waals surface area contributed by atoms with E-state index in [0.29, 0.717) is 5.92 Å². The van der Waals surface area contributed by atoms with Crippen LogP contribution >= 0.6 is 11.8 Å². The SMILES string of the molecule is CCNC(=O)C1CSC23CC=CC=C2N=CCC13. The highest BCUT2D eigenvalue weighted by Gasteiger charge is 2.54. The molecule has 0 aromatic carbocycles. The highest BCUT2D eigenvalue weighted by molar-refractivity contribution is 8.01. The van der Waals surface area contributed by atoms with Crippen LogP contribution in [0.2, 0.25) is 0 Å². The second kappa shape index (κ2) is 4.57. The highest BCUT2D eigenvalue weighted by Crippen LogP contribution is 2.56. The molecule has 0 saturated carbocycles.